The molecule has 0 aliphatic carbocycles. The van der Waals surface area contributed by atoms with Crippen molar-refractivity contribution in [3.63, 3.8) is 0 Å². The number of aromatic nitrogens is 2. The summed E-state index contributed by atoms with van der Waals surface area (Å²) in [6.07, 6.45) is -0.951. The molecule has 0 radical (unpaired) electrons. The monoisotopic (exact) mass is 347 g/mol. The Hall–Kier alpha value is -2.80. The number of para-hydroxylation sites is 1. The second kappa shape index (κ2) is 6.98. The van der Waals surface area contributed by atoms with Crippen LogP contribution in [-0.4, -0.2) is 21.5 Å². The molecule has 0 spiro atoms. The van der Waals surface area contributed by atoms with Gasteiger partial charge in [0.25, 0.3) is 0 Å². The Kier molecular flexibility index (Phi) is 4.76. The summed E-state index contributed by atoms with van der Waals surface area (Å²) in [5.41, 5.74) is 1.94. The average molecular weight is 347 g/mol. The first-order chi connectivity index (χ1) is 12.0. The van der Waals surface area contributed by atoms with Crippen LogP contribution < -0.4 is 5.32 Å². The molecule has 1 heterocycles. The fourth-order valence-electron chi connectivity index (χ4n) is 2.50. The molecule has 7 heteroatoms. The molecule has 0 amide bonds. The number of anilines is 2. The maximum Gasteiger partial charge on any atom is 0.416 e. The molecule has 0 bridgehead atoms. The Bertz CT molecular complexity index is 859. The molecular formula is C18H16F3N3O. The summed E-state index contributed by atoms with van der Waals surface area (Å²) >= 11 is 0. The van der Waals surface area contributed by atoms with Gasteiger partial charge in [0.1, 0.15) is 0 Å². The molecule has 0 saturated carbocycles. The molecule has 0 aliphatic rings. The number of hydrogen-bond donors (Lipinski definition) is 2. The summed E-state index contributed by atoms with van der Waals surface area (Å²) < 4.78 is 40.2. The smallest absolute Gasteiger partial charge is 0.394 e. The van der Waals surface area contributed by atoms with Gasteiger partial charge in [0, 0.05) is 28.7 Å². The van der Waals surface area contributed by atoms with Gasteiger partial charge in [-0.15, -0.1) is 0 Å². The number of aliphatic hydroxyl groups excluding tert-OH is 1. The Morgan fingerprint density at radius 2 is 1.88 bits per heavy atom. The lowest BCUT2D eigenvalue weighted by Gasteiger charge is -2.13. The van der Waals surface area contributed by atoms with E-state index < -0.39 is 11.7 Å². The molecule has 3 aromatic rings. The second-order valence-corrected chi connectivity index (χ2v) is 5.46. The normalized spacial score (nSPS) is 11.5. The molecule has 130 valence electrons. The first kappa shape index (κ1) is 17.0. The lowest BCUT2D eigenvalue weighted by molar-refractivity contribution is -0.137. The van der Waals surface area contributed by atoms with Crippen LogP contribution in [0.25, 0.3) is 11.1 Å². The van der Waals surface area contributed by atoms with Gasteiger partial charge >= 0.3 is 6.18 Å². The van der Waals surface area contributed by atoms with E-state index in [1.165, 1.54) is 6.07 Å². The van der Waals surface area contributed by atoms with Gasteiger partial charge in [-0.25, -0.2) is 0 Å². The number of alkyl halides is 3. The minimum atomic E-state index is -4.39. The molecule has 25 heavy (non-hydrogen) atoms. The number of rotatable bonds is 5. The van der Waals surface area contributed by atoms with Crippen molar-refractivity contribution < 1.29 is 18.3 Å². The topological polar surface area (TPSA) is 50.1 Å². The lowest BCUT2D eigenvalue weighted by Crippen LogP contribution is -2.05. The number of hydrogen-bond acceptors (Lipinski definition) is 3. The Balaban J connectivity index is 1.91. The van der Waals surface area contributed by atoms with Gasteiger partial charge in [-0.2, -0.15) is 18.3 Å². The van der Waals surface area contributed by atoms with Crippen LogP contribution in [0.15, 0.2) is 60.9 Å². The summed E-state index contributed by atoms with van der Waals surface area (Å²) in [4.78, 5) is 0. The van der Waals surface area contributed by atoms with Crippen molar-refractivity contribution >= 4 is 11.4 Å². The molecule has 2 N–H and O–H groups in total. The van der Waals surface area contributed by atoms with Crippen molar-refractivity contribution in [2.75, 3.05) is 11.9 Å². The zero-order valence-electron chi connectivity index (χ0n) is 13.2. The summed E-state index contributed by atoms with van der Waals surface area (Å²) in [6, 6.07) is 12.4. The third-order valence-electron chi connectivity index (χ3n) is 3.67. The van der Waals surface area contributed by atoms with E-state index in [2.05, 4.69) is 10.4 Å². The highest BCUT2D eigenvalue weighted by atomic mass is 19.4. The standard InChI is InChI=1S/C18H16F3N3O/c19-18(20,21)14-4-3-5-15(10-14)23-17-7-2-1-6-16(17)13-11-22-24(12-13)8-9-25/h1-7,10-12,23,25H,8-9H2. The van der Waals surface area contributed by atoms with Gasteiger partial charge in [0.15, 0.2) is 0 Å². The van der Waals surface area contributed by atoms with Crippen LogP contribution >= 0.6 is 0 Å². The van der Waals surface area contributed by atoms with Gasteiger partial charge in [0.05, 0.1) is 24.9 Å². The first-order valence-electron chi connectivity index (χ1n) is 7.64. The molecular weight excluding hydrogens is 331 g/mol. The van der Waals surface area contributed by atoms with Crippen LogP contribution in [0.3, 0.4) is 0 Å². The first-order valence-corrected chi connectivity index (χ1v) is 7.64. The predicted molar refractivity (Wildman–Crippen MR) is 89.5 cm³/mol. The Morgan fingerprint density at radius 3 is 2.64 bits per heavy atom. The van der Waals surface area contributed by atoms with Crippen LogP contribution in [0.1, 0.15) is 5.56 Å². The van der Waals surface area contributed by atoms with Gasteiger partial charge in [-0.3, -0.25) is 4.68 Å². The predicted octanol–water partition coefficient (Wildman–Crippen LogP) is 4.30. The molecule has 0 fully saturated rings. The largest absolute Gasteiger partial charge is 0.416 e. The summed E-state index contributed by atoms with van der Waals surface area (Å²) in [6.45, 7) is 0.356. The molecule has 0 unspecified atom stereocenters. The summed E-state index contributed by atoms with van der Waals surface area (Å²) in [7, 11) is 0. The zero-order valence-corrected chi connectivity index (χ0v) is 13.2. The number of nitrogens with one attached hydrogen (secondary N) is 1. The fraction of sp³-hybridized carbons (Fsp3) is 0.167. The van der Waals surface area contributed by atoms with E-state index in [9.17, 15) is 13.2 Å². The maximum atomic E-state index is 12.9. The van der Waals surface area contributed by atoms with E-state index in [1.54, 1.807) is 35.3 Å². The summed E-state index contributed by atoms with van der Waals surface area (Å²) in [5, 5.41) is 16.2. The van der Waals surface area contributed by atoms with Crippen LogP contribution in [0.4, 0.5) is 24.5 Å². The van der Waals surface area contributed by atoms with Gasteiger partial charge in [0.2, 0.25) is 0 Å². The average Bonchev–Trinajstić information content (AvgIpc) is 3.04. The number of nitrogens with zero attached hydrogens (tertiary/aromatic N) is 2. The quantitative estimate of drug-likeness (QED) is 0.723. The molecule has 0 atom stereocenters. The van der Waals surface area contributed by atoms with Crippen molar-refractivity contribution in [3.8, 4) is 11.1 Å². The zero-order chi connectivity index (χ0) is 17.9. The van der Waals surface area contributed by atoms with Gasteiger partial charge < -0.3 is 10.4 Å². The molecule has 1 aromatic heterocycles. The number of benzene rings is 2. The van der Waals surface area contributed by atoms with Crippen LogP contribution in [0.2, 0.25) is 0 Å². The highest BCUT2D eigenvalue weighted by Gasteiger charge is 2.30. The van der Waals surface area contributed by atoms with Crippen molar-refractivity contribution in [3.05, 3.63) is 66.5 Å². The van der Waals surface area contributed by atoms with Crippen molar-refractivity contribution in [1.82, 2.24) is 9.78 Å². The molecule has 4 nitrogen and oxygen atoms in total. The third-order valence-corrected chi connectivity index (χ3v) is 3.67. The summed E-state index contributed by atoms with van der Waals surface area (Å²) in [5.74, 6) is 0. The molecule has 0 aliphatic heterocycles. The van der Waals surface area contributed by atoms with E-state index in [1.807, 2.05) is 12.1 Å². The van der Waals surface area contributed by atoms with Crippen molar-refractivity contribution in [1.29, 1.82) is 0 Å². The van der Waals surface area contributed by atoms with Crippen LogP contribution in [-0.2, 0) is 12.7 Å². The van der Waals surface area contributed by atoms with Crippen molar-refractivity contribution in [2.24, 2.45) is 0 Å². The van der Waals surface area contributed by atoms with E-state index in [0.717, 1.165) is 23.3 Å². The van der Waals surface area contributed by atoms with Crippen molar-refractivity contribution in [2.45, 2.75) is 12.7 Å². The maximum absolute atomic E-state index is 12.9. The highest BCUT2D eigenvalue weighted by molar-refractivity contribution is 5.80. The Labute approximate surface area is 142 Å². The van der Waals surface area contributed by atoms with E-state index >= 15 is 0 Å². The minimum absolute atomic E-state index is 0.0226. The van der Waals surface area contributed by atoms with E-state index in [-0.39, 0.29) is 6.61 Å². The van der Waals surface area contributed by atoms with Gasteiger partial charge in [-0.05, 0) is 24.3 Å². The third kappa shape index (κ3) is 4.00. The Morgan fingerprint density at radius 1 is 1.08 bits per heavy atom. The van der Waals surface area contributed by atoms with E-state index in [0.29, 0.717) is 17.9 Å². The van der Waals surface area contributed by atoms with E-state index in [4.69, 9.17) is 5.11 Å². The molecule has 3 rings (SSSR count). The van der Waals surface area contributed by atoms with Crippen LogP contribution in [0, 0.1) is 0 Å². The molecule has 0 saturated heterocycles. The van der Waals surface area contributed by atoms with Gasteiger partial charge in [-0.1, -0.05) is 24.3 Å². The van der Waals surface area contributed by atoms with Crippen LogP contribution in [0.5, 0.6) is 0 Å². The minimum Gasteiger partial charge on any atom is -0.394 e. The lowest BCUT2D eigenvalue weighted by atomic mass is 10.1. The highest BCUT2D eigenvalue weighted by Crippen LogP contribution is 2.33. The fourth-order valence-corrected chi connectivity index (χ4v) is 2.50. The molecule has 2 aromatic carbocycles. The number of halogens is 3. The SMILES string of the molecule is OCCn1cc(-c2ccccc2Nc2cccc(C(F)(F)F)c2)cn1. The number of aliphatic hydroxyl groups is 1. The second-order valence-electron chi connectivity index (χ2n) is 5.46.